The van der Waals surface area contributed by atoms with E-state index in [1.165, 1.54) is 57.8 Å². The highest BCUT2D eigenvalue weighted by Crippen LogP contribution is 2.13. The van der Waals surface area contributed by atoms with Gasteiger partial charge in [-0.05, 0) is 25.7 Å². The van der Waals surface area contributed by atoms with Crippen LogP contribution in [-0.2, 0) is 0 Å². The maximum Gasteiger partial charge on any atom is 0.102 e. The van der Waals surface area contributed by atoms with Crippen LogP contribution in [0, 0.1) is 0 Å². The summed E-state index contributed by atoms with van der Waals surface area (Å²) in [6.45, 7) is 4.14. The molecule has 0 fully saturated rings. The van der Waals surface area contributed by atoms with Crippen molar-refractivity contribution in [3.63, 3.8) is 0 Å². The van der Waals surface area contributed by atoms with Crippen molar-refractivity contribution in [2.45, 2.75) is 83.7 Å². The monoisotopic (exact) mass is 308 g/mol. The zero-order valence-corrected chi connectivity index (χ0v) is 14.6. The molecule has 0 amide bonds. The smallest absolute Gasteiger partial charge is 0.102 e. The quantitative estimate of drug-likeness (QED) is 0.377. The van der Waals surface area contributed by atoms with E-state index < -0.39 is 0 Å². The number of hydrogen-bond acceptors (Lipinski definition) is 3. The zero-order valence-electron chi connectivity index (χ0n) is 14.6. The van der Waals surface area contributed by atoms with Crippen LogP contribution in [0.2, 0.25) is 0 Å². The van der Waals surface area contributed by atoms with Gasteiger partial charge in [0.25, 0.3) is 0 Å². The second kappa shape index (κ2) is 14.0. The van der Waals surface area contributed by atoms with E-state index in [4.69, 9.17) is 5.11 Å². The van der Waals surface area contributed by atoms with Crippen LogP contribution in [0.25, 0.3) is 0 Å². The molecule has 0 aliphatic carbocycles. The molecule has 3 heteroatoms. The molecule has 1 N–H and O–H groups in total. The molecule has 0 aromatic heterocycles. The number of aliphatic hydroxyl groups excluding tert-OH is 1. The van der Waals surface area contributed by atoms with Gasteiger partial charge < -0.3 is 5.11 Å². The number of nitrogens with zero attached hydrogens (tertiary/aromatic N) is 2. The first-order valence-electron chi connectivity index (χ1n) is 9.40. The standard InChI is InChI=1S/C19H36N2O/c1-2-3-4-5-6-7-8-9-10-11-12-13-14-19-20-15-16-21(19)17-18-22/h11-12,15,19,22H,2-10,13-14,16-18H2,1H3/b12-11+. The number of allylic oxidation sites excluding steroid dienone is 2. The van der Waals surface area contributed by atoms with Crippen molar-refractivity contribution in [2.24, 2.45) is 4.99 Å². The van der Waals surface area contributed by atoms with E-state index in [0.29, 0.717) is 6.17 Å². The first-order chi connectivity index (χ1) is 10.9. The van der Waals surface area contributed by atoms with Crippen molar-refractivity contribution < 1.29 is 5.11 Å². The molecule has 1 rings (SSSR count). The van der Waals surface area contributed by atoms with E-state index in [1.54, 1.807) is 0 Å². The molecule has 1 atom stereocenters. The third kappa shape index (κ3) is 9.37. The fraction of sp³-hybridized carbons (Fsp3) is 0.842. The van der Waals surface area contributed by atoms with Gasteiger partial charge in [-0.2, -0.15) is 0 Å². The van der Waals surface area contributed by atoms with E-state index in [-0.39, 0.29) is 6.61 Å². The summed E-state index contributed by atoms with van der Waals surface area (Å²) in [5.41, 5.74) is 0. The van der Waals surface area contributed by atoms with Gasteiger partial charge in [0.2, 0.25) is 0 Å². The lowest BCUT2D eigenvalue weighted by molar-refractivity contribution is 0.179. The van der Waals surface area contributed by atoms with Crippen LogP contribution in [0.1, 0.15) is 77.6 Å². The molecule has 1 heterocycles. The lowest BCUT2D eigenvalue weighted by Gasteiger charge is -2.21. The fourth-order valence-corrected chi connectivity index (χ4v) is 2.99. The van der Waals surface area contributed by atoms with Crippen LogP contribution in [0.4, 0.5) is 0 Å². The molecule has 3 nitrogen and oxygen atoms in total. The van der Waals surface area contributed by atoms with Gasteiger partial charge >= 0.3 is 0 Å². The average Bonchev–Trinajstić information content (AvgIpc) is 2.96. The van der Waals surface area contributed by atoms with Crippen molar-refractivity contribution in [1.82, 2.24) is 4.90 Å². The summed E-state index contributed by atoms with van der Waals surface area (Å²) in [5, 5.41) is 9.01. The van der Waals surface area contributed by atoms with Gasteiger partial charge in [0.15, 0.2) is 0 Å². The van der Waals surface area contributed by atoms with Crippen LogP contribution in [0.15, 0.2) is 17.1 Å². The number of aliphatic hydroxyl groups is 1. The molecular weight excluding hydrogens is 272 g/mol. The summed E-state index contributed by atoms with van der Waals surface area (Å²) in [5.74, 6) is 0. The van der Waals surface area contributed by atoms with Crippen LogP contribution < -0.4 is 0 Å². The molecule has 0 aromatic rings. The fourth-order valence-electron chi connectivity index (χ4n) is 2.99. The largest absolute Gasteiger partial charge is 0.395 e. The maximum atomic E-state index is 9.01. The van der Waals surface area contributed by atoms with Crippen LogP contribution in [0.5, 0.6) is 0 Å². The van der Waals surface area contributed by atoms with E-state index in [0.717, 1.165) is 25.9 Å². The second-order valence-corrected chi connectivity index (χ2v) is 6.34. The van der Waals surface area contributed by atoms with Gasteiger partial charge in [0.05, 0.1) is 6.61 Å². The Labute approximate surface area is 137 Å². The lowest BCUT2D eigenvalue weighted by Crippen LogP contribution is -2.32. The van der Waals surface area contributed by atoms with E-state index in [2.05, 4.69) is 29.0 Å². The molecular formula is C19H36N2O. The predicted octanol–water partition coefficient (Wildman–Crippen LogP) is 4.56. The minimum Gasteiger partial charge on any atom is -0.395 e. The third-order valence-corrected chi connectivity index (χ3v) is 4.38. The lowest BCUT2D eigenvalue weighted by atomic mass is 10.1. The normalized spacial score (nSPS) is 18.7. The second-order valence-electron chi connectivity index (χ2n) is 6.34. The average molecular weight is 309 g/mol. The number of rotatable bonds is 14. The summed E-state index contributed by atoms with van der Waals surface area (Å²) in [6.07, 6.45) is 21.5. The molecule has 0 radical (unpaired) electrons. The number of β-amino-alcohol motifs (C(OH)–C–C–N with tert-alkyl or cyclic N) is 1. The Bertz CT molecular complexity index is 302. The van der Waals surface area contributed by atoms with Crippen molar-refractivity contribution in [3.05, 3.63) is 12.2 Å². The van der Waals surface area contributed by atoms with Crippen molar-refractivity contribution >= 4 is 6.21 Å². The van der Waals surface area contributed by atoms with Gasteiger partial charge in [-0.15, -0.1) is 0 Å². The van der Waals surface area contributed by atoms with Crippen LogP contribution in [-0.4, -0.2) is 42.1 Å². The first kappa shape index (κ1) is 19.4. The Morgan fingerprint density at radius 1 is 1.05 bits per heavy atom. The predicted molar refractivity (Wildman–Crippen MR) is 96.5 cm³/mol. The summed E-state index contributed by atoms with van der Waals surface area (Å²) in [6, 6.07) is 0. The number of hydrogen-bond donors (Lipinski definition) is 1. The topological polar surface area (TPSA) is 35.8 Å². The highest BCUT2D eigenvalue weighted by atomic mass is 16.3. The molecule has 1 aliphatic heterocycles. The van der Waals surface area contributed by atoms with Gasteiger partial charge in [0.1, 0.15) is 6.17 Å². The SMILES string of the molecule is CCCCCCCCCC/C=C/CCC1N=CCN1CCO. The van der Waals surface area contributed by atoms with E-state index >= 15 is 0 Å². The Kier molecular flexibility index (Phi) is 12.3. The zero-order chi connectivity index (χ0) is 15.9. The molecule has 0 bridgehead atoms. The van der Waals surface area contributed by atoms with Crippen molar-refractivity contribution in [2.75, 3.05) is 19.7 Å². The van der Waals surface area contributed by atoms with Gasteiger partial charge in [-0.25, -0.2) is 0 Å². The molecule has 0 spiro atoms. The molecule has 0 saturated carbocycles. The molecule has 1 unspecified atom stereocenters. The van der Waals surface area contributed by atoms with E-state index in [1.807, 2.05) is 6.21 Å². The highest BCUT2D eigenvalue weighted by Gasteiger charge is 2.18. The highest BCUT2D eigenvalue weighted by molar-refractivity contribution is 5.62. The Morgan fingerprint density at radius 2 is 1.73 bits per heavy atom. The van der Waals surface area contributed by atoms with Gasteiger partial charge in [-0.1, -0.05) is 64.0 Å². The van der Waals surface area contributed by atoms with Gasteiger partial charge in [-0.3, -0.25) is 9.89 Å². The third-order valence-electron chi connectivity index (χ3n) is 4.38. The van der Waals surface area contributed by atoms with Crippen LogP contribution >= 0.6 is 0 Å². The molecule has 0 saturated heterocycles. The van der Waals surface area contributed by atoms with Gasteiger partial charge in [0, 0.05) is 19.3 Å². The Hall–Kier alpha value is -0.670. The Balaban J connectivity index is 1.89. The first-order valence-corrected chi connectivity index (χ1v) is 9.40. The van der Waals surface area contributed by atoms with Crippen molar-refractivity contribution in [3.8, 4) is 0 Å². The van der Waals surface area contributed by atoms with Crippen LogP contribution in [0.3, 0.4) is 0 Å². The maximum absolute atomic E-state index is 9.01. The number of unbranched alkanes of at least 4 members (excludes halogenated alkanes) is 8. The minimum absolute atomic E-state index is 0.230. The molecule has 128 valence electrons. The minimum atomic E-state index is 0.230. The molecule has 22 heavy (non-hydrogen) atoms. The van der Waals surface area contributed by atoms with Crippen molar-refractivity contribution in [1.29, 1.82) is 0 Å². The summed E-state index contributed by atoms with van der Waals surface area (Å²) < 4.78 is 0. The summed E-state index contributed by atoms with van der Waals surface area (Å²) >= 11 is 0. The molecule has 0 aromatic carbocycles. The van der Waals surface area contributed by atoms with E-state index in [9.17, 15) is 0 Å². The Morgan fingerprint density at radius 3 is 2.45 bits per heavy atom. The summed E-state index contributed by atoms with van der Waals surface area (Å²) in [4.78, 5) is 6.72. The summed E-state index contributed by atoms with van der Waals surface area (Å²) in [7, 11) is 0. The number of aliphatic imine (C=N–C) groups is 1. The molecule has 1 aliphatic rings.